The molecular formula is C17H13ClN4O2. The van der Waals surface area contributed by atoms with E-state index in [2.05, 4.69) is 15.1 Å². The van der Waals surface area contributed by atoms with Crippen LogP contribution in [-0.2, 0) is 4.79 Å². The second-order valence-electron chi connectivity index (χ2n) is 5.55. The SMILES string of the molecule is O=C1CC(c2noc(-c3ccccn3)n2)CN1c1ccc(Cl)cc1. The summed E-state index contributed by atoms with van der Waals surface area (Å²) in [6.07, 6.45) is 2.02. The van der Waals surface area contributed by atoms with E-state index in [0.29, 0.717) is 35.4 Å². The summed E-state index contributed by atoms with van der Waals surface area (Å²) in [6, 6.07) is 12.7. The molecule has 1 saturated heterocycles. The van der Waals surface area contributed by atoms with Crippen LogP contribution in [0.5, 0.6) is 0 Å². The fourth-order valence-electron chi connectivity index (χ4n) is 2.75. The first-order valence-corrected chi connectivity index (χ1v) is 7.89. The largest absolute Gasteiger partial charge is 0.332 e. The van der Waals surface area contributed by atoms with Crippen LogP contribution in [0.25, 0.3) is 11.6 Å². The molecule has 0 bridgehead atoms. The number of carbonyl (C=O) groups is 1. The average Bonchev–Trinajstić information content (AvgIpc) is 3.23. The molecule has 2 aromatic heterocycles. The van der Waals surface area contributed by atoms with Crippen LogP contribution in [0.3, 0.4) is 0 Å². The number of aromatic nitrogens is 3. The van der Waals surface area contributed by atoms with Gasteiger partial charge in [-0.15, -0.1) is 0 Å². The first kappa shape index (κ1) is 14.8. The molecule has 1 amide bonds. The van der Waals surface area contributed by atoms with E-state index in [1.807, 2.05) is 24.3 Å². The van der Waals surface area contributed by atoms with E-state index in [9.17, 15) is 4.79 Å². The highest BCUT2D eigenvalue weighted by Crippen LogP contribution is 2.31. The predicted octanol–water partition coefficient (Wildman–Crippen LogP) is 3.31. The van der Waals surface area contributed by atoms with Gasteiger partial charge in [0, 0.05) is 35.8 Å². The number of hydrogen-bond donors (Lipinski definition) is 0. The second-order valence-corrected chi connectivity index (χ2v) is 5.99. The maximum Gasteiger partial charge on any atom is 0.276 e. The van der Waals surface area contributed by atoms with Crippen molar-refractivity contribution in [1.82, 2.24) is 15.1 Å². The topological polar surface area (TPSA) is 72.1 Å². The lowest BCUT2D eigenvalue weighted by Crippen LogP contribution is -2.24. The Labute approximate surface area is 143 Å². The standard InChI is InChI=1S/C17H13ClN4O2/c18-12-4-6-13(7-5-12)22-10-11(9-15(22)23)16-20-17(24-21-16)14-3-1-2-8-19-14/h1-8,11H,9-10H2. The van der Waals surface area contributed by atoms with Crippen LogP contribution >= 0.6 is 11.6 Å². The Hall–Kier alpha value is -2.73. The van der Waals surface area contributed by atoms with Gasteiger partial charge in [0.25, 0.3) is 5.89 Å². The molecule has 4 rings (SSSR count). The van der Waals surface area contributed by atoms with Crippen molar-refractivity contribution in [2.75, 3.05) is 11.4 Å². The zero-order valence-corrected chi connectivity index (χ0v) is 13.3. The molecule has 6 nitrogen and oxygen atoms in total. The van der Waals surface area contributed by atoms with Crippen LogP contribution in [0.4, 0.5) is 5.69 Å². The summed E-state index contributed by atoms with van der Waals surface area (Å²) in [5.41, 5.74) is 1.44. The molecule has 1 unspecified atom stereocenters. The molecule has 1 atom stereocenters. The highest BCUT2D eigenvalue weighted by atomic mass is 35.5. The van der Waals surface area contributed by atoms with E-state index in [0.717, 1.165) is 5.69 Å². The molecule has 1 fully saturated rings. The van der Waals surface area contributed by atoms with Crippen molar-refractivity contribution in [1.29, 1.82) is 0 Å². The molecule has 3 aromatic rings. The summed E-state index contributed by atoms with van der Waals surface area (Å²) < 4.78 is 5.28. The number of anilines is 1. The Bertz CT molecular complexity index is 864. The normalized spacial score (nSPS) is 17.5. The van der Waals surface area contributed by atoms with Crippen molar-refractivity contribution >= 4 is 23.2 Å². The quantitative estimate of drug-likeness (QED) is 0.731. The molecule has 120 valence electrons. The van der Waals surface area contributed by atoms with E-state index >= 15 is 0 Å². The minimum Gasteiger partial charge on any atom is -0.332 e. The minimum atomic E-state index is -0.102. The molecule has 3 heterocycles. The van der Waals surface area contributed by atoms with Gasteiger partial charge in [-0.1, -0.05) is 22.8 Å². The summed E-state index contributed by atoms with van der Waals surface area (Å²) >= 11 is 5.90. The van der Waals surface area contributed by atoms with Crippen LogP contribution in [0.1, 0.15) is 18.2 Å². The van der Waals surface area contributed by atoms with Gasteiger partial charge in [-0.25, -0.2) is 0 Å². The zero-order valence-electron chi connectivity index (χ0n) is 12.6. The maximum atomic E-state index is 12.3. The van der Waals surface area contributed by atoms with E-state index in [-0.39, 0.29) is 11.8 Å². The smallest absolute Gasteiger partial charge is 0.276 e. The molecule has 7 heteroatoms. The number of halogens is 1. The molecular weight excluding hydrogens is 328 g/mol. The Balaban J connectivity index is 1.55. The van der Waals surface area contributed by atoms with Crippen LogP contribution in [0.2, 0.25) is 5.02 Å². The molecule has 0 N–H and O–H groups in total. The summed E-state index contributed by atoms with van der Waals surface area (Å²) in [6.45, 7) is 0.516. The van der Waals surface area contributed by atoms with Crippen LogP contribution in [0.15, 0.2) is 53.2 Å². The summed E-state index contributed by atoms with van der Waals surface area (Å²) in [7, 11) is 0. The molecule has 1 aliphatic heterocycles. The van der Waals surface area contributed by atoms with Crippen LogP contribution in [-0.4, -0.2) is 27.6 Å². The fraction of sp³-hybridized carbons (Fsp3) is 0.176. The van der Waals surface area contributed by atoms with Gasteiger partial charge in [0.15, 0.2) is 5.82 Å². The Morgan fingerprint density at radius 1 is 1.17 bits per heavy atom. The van der Waals surface area contributed by atoms with Crippen molar-refractivity contribution in [3.63, 3.8) is 0 Å². The lowest BCUT2D eigenvalue weighted by atomic mass is 10.1. The third-order valence-corrected chi connectivity index (χ3v) is 4.21. The van der Waals surface area contributed by atoms with Gasteiger partial charge in [0.2, 0.25) is 5.91 Å². The van der Waals surface area contributed by atoms with Crippen LogP contribution < -0.4 is 4.90 Å². The number of benzene rings is 1. The lowest BCUT2D eigenvalue weighted by Gasteiger charge is -2.16. The van der Waals surface area contributed by atoms with E-state index in [1.54, 1.807) is 29.3 Å². The first-order valence-electron chi connectivity index (χ1n) is 7.51. The van der Waals surface area contributed by atoms with Crippen molar-refractivity contribution < 1.29 is 9.32 Å². The van der Waals surface area contributed by atoms with Gasteiger partial charge in [-0.05, 0) is 36.4 Å². The van der Waals surface area contributed by atoms with E-state index in [1.165, 1.54) is 0 Å². The van der Waals surface area contributed by atoms with E-state index < -0.39 is 0 Å². The van der Waals surface area contributed by atoms with Crippen molar-refractivity contribution in [3.8, 4) is 11.6 Å². The Kier molecular flexibility index (Phi) is 3.74. The molecule has 1 aromatic carbocycles. The molecule has 0 saturated carbocycles. The first-order chi connectivity index (χ1) is 11.7. The third-order valence-electron chi connectivity index (χ3n) is 3.95. The second kappa shape index (κ2) is 6.05. The number of carbonyl (C=O) groups excluding carboxylic acids is 1. The summed E-state index contributed by atoms with van der Waals surface area (Å²) in [4.78, 5) is 22.6. The van der Waals surface area contributed by atoms with Gasteiger partial charge < -0.3 is 9.42 Å². The van der Waals surface area contributed by atoms with Crippen LogP contribution in [0, 0.1) is 0 Å². The average molecular weight is 341 g/mol. The fourth-order valence-corrected chi connectivity index (χ4v) is 2.87. The number of rotatable bonds is 3. The van der Waals surface area contributed by atoms with Gasteiger partial charge in [-0.3, -0.25) is 9.78 Å². The third kappa shape index (κ3) is 2.76. The van der Waals surface area contributed by atoms with Gasteiger partial charge in [0.05, 0.1) is 0 Å². The van der Waals surface area contributed by atoms with Crippen molar-refractivity contribution in [3.05, 3.63) is 59.5 Å². The summed E-state index contributed by atoms with van der Waals surface area (Å²) in [5.74, 6) is 0.823. The zero-order chi connectivity index (χ0) is 16.5. The number of nitrogens with zero attached hydrogens (tertiary/aromatic N) is 4. The lowest BCUT2D eigenvalue weighted by molar-refractivity contribution is -0.117. The van der Waals surface area contributed by atoms with Crippen molar-refractivity contribution in [2.24, 2.45) is 0 Å². The number of hydrogen-bond acceptors (Lipinski definition) is 5. The predicted molar refractivity (Wildman–Crippen MR) is 88.7 cm³/mol. The number of amides is 1. The number of pyridine rings is 1. The molecule has 1 aliphatic rings. The highest BCUT2D eigenvalue weighted by molar-refractivity contribution is 6.30. The van der Waals surface area contributed by atoms with Gasteiger partial charge in [-0.2, -0.15) is 4.98 Å². The maximum absolute atomic E-state index is 12.3. The van der Waals surface area contributed by atoms with Crippen molar-refractivity contribution in [2.45, 2.75) is 12.3 Å². The van der Waals surface area contributed by atoms with E-state index in [4.69, 9.17) is 16.1 Å². The molecule has 0 spiro atoms. The Morgan fingerprint density at radius 3 is 2.75 bits per heavy atom. The minimum absolute atomic E-state index is 0.0338. The van der Waals surface area contributed by atoms with Gasteiger partial charge in [0.1, 0.15) is 5.69 Å². The summed E-state index contributed by atoms with van der Waals surface area (Å²) in [5, 5.41) is 4.66. The monoisotopic (exact) mass is 340 g/mol. The molecule has 0 radical (unpaired) electrons. The molecule has 24 heavy (non-hydrogen) atoms. The Morgan fingerprint density at radius 2 is 2.00 bits per heavy atom. The molecule has 0 aliphatic carbocycles. The highest BCUT2D eigenvalue weighted by Gasteiger charge is 2.34. The van der Waals surface area contributed by atoms with Gasteiger partial charge >= 0.3 is 0 Å².